The van der Waals surface area contributed by atoms with Crippen molar-refractivity contribution in [1.29, 1.82) is 10.5 Å². The van der Waals surface area contributed by atoms with Crippen molar-refractivity contribution >= 4 is 29.3 Å². The first kappa shape index (κ1) is 19.6. The summed E-state index contributed by atoms with van der Waals surface area (Å²) in [5.74, 6) is -1.64. The maximum atomic E-state index is 12.5. The van der Waals surface area contributed by atoms with Crippen LogP contribution in [-0.4, -0.2) is 17.1 Å². The number of nitrogens with zero attached hydrogens (tertiary/aromatic N) is 2. The number of benzene rings is 1. The Morgan fingerprint density at radius 1 is 1.38 bits per heavy atom. The minimum Gasteiger partial charge on any atom is -0.325 e. The van der Waals surface area contributed by atoms with E-state index in [-0.39, 0.29) is 5.91 Å². The molecule has 2 rings (SSSR count). The van der Waals surface area contributed by atoms with Crippen molar-refractivity contribution in [2.45, 2.75) is 32.9 Å². The molecule has 6 nitrogen and oxygen atoms in total. The summed E-state index contributed by atoms with van der Waals surface area (Å²) in [6.45, 7) is 7.02. The van der Waals surface area contributed by atoms with Crippen molar-refractivity contribution in [2.75, 3.05) is 5.32 Å². The number of anilines is 1. The number of nitrogens with one attached hydrogen (secondary N) is 2. The Bertz CT molecular complexity index is 861. The predicted molar refractivity (Wildman–Crippen MR) is 101 cm³/mol. The number of thioether (sulfide) groups is 1. The van der Waals surface area contributed by atoms with Crippen LogP contribution in [0, 0.1) is 40.9 Å². The van der Waals surface area contributed by atoms with Crippen LogP contribution in [0.15, 0.2) is 34.9 Å². The minimum absolute atomic E-state index is 0.236. The third-order valence-corrected chi connectivity index (χ3v) is 5.39. The maximum absolute atomic E-state index is 12.5. The number of carbonyl (C=O) groups is 2. The van der Waals surface area contributed by atoms with Crippen LogP contribution < -0.4 is 10.6 Å². The van der Waals surface area contributed by atoms with E-state index in [1.54, 1.807) is 26.8 Å². The average Bonchev–Trinajstić information content (AvgIpc) is 2.54. The molecule has 1 aliphatic rings. The fourth-order valence-electron chi connectivity index (χ4n) is 2.71. The first-order valence-corrected chi connectivity index (χ1v) is 8.98. The van der Waals surface area contributed by atoms with Gasteiger partial charge in [0.2, 0.25) is 11.8 Å². The van der Waals surface area contributed by atoms with E-state index in [1.807, 2.05) is 31.2 Å². The SMILES string of the molecule is Cc1cccc(NC(=O)[C@H](C)SC2=C(C#N)C(C)(C)[C@H](C#N)C(=O)N2)c1. The Hall–Kier alpha value is -2.77. The molecule has 1 aromatic carbocycles. The average molecular weight is 368 g/mol. The highest BCUT2D eigenvalue weighted by Crippen LogP contribution is 2.42. The molecule has 0 bridgehead atoms. The molecule has 2 amide bonds. The lowest BCUT2D eigenvalue weighted by molar-refractivity contribution is -0.125. The third kappa shape index (κ3) is 3.89. The Morgan fingerprint density at radius 3 is 2.65 bits per heavy atom. The number of hydrogen-bond acceptors (Lipinski definition) is 5. The van der Waals surface area contributed by atoms with E-state index >= 15 is 0 Å². The molecule has 1 aliphatic heterocycles. The van der Waals surface area contributed by atoms with Crippen LogP contribution in [-0.2, 0) is 9.59 Å². The fraction of sp³-hybridized carbons (Fsp3) is 0.368. The third-order valence-electron chi connectivity index (χ3n) is 4.28. The van der Waals surface area contributed by atoms with Crippen LogP contribution in [0.5, 0.6) is 0 Å². The molecule has 0 spiro atoms. The zero-order valence-corrected chi connectivity index (χ0v) is 15.9. The number of allylic oxidation sites excluding steroid dienone is 1. The van der Waals surface area contributed by atoms with Gasteiger partial charge in [-0.3, -0.25) is 9.59 Å². The summed E-state index contributed by atoms with van der Waals surface area (Å²) in [6.07, 6.45) is 0. The minimum atomic E-state index is -0.946. The van der Waals surface area contributed by atoms with Crippen LogP contribution >= 0.6 is 11.8 Å². The molecule has 0 fully saturated rings. The molecule has 26 heavy (non-hydrogen) atoms. The molecule has 2 atom stereocenters. The normalized spacial score (nSPS) is 19.8. The summed E-state index contributed by atoms with van der Waals surface area (Å²) >= 11 is 1.11. The second kappa shape index (κ2) is 7.63. The summed E-state index contributed by atoms with van der Waals surface area (Å²) in [5, 5.41) is 24.0. The summed E-state index contributed by atoms with van der Waals surface area (Å²) in [5.41, 5.74) is 1.11. The standard InChI is InChI=1S/C19H20N4O2S/c1-11-6-5-7-13(8-11)22-16(24)12(2)26-18-15(10-21)19(3,4)14(9-20)17(25)23-18/h5-8,12,14H,1-4H3,(H,22,24)(H,23,25)/t12-,14+/m0/s1. The molecule has 0 radical (unpaired) electrons. The largest absolute Gasteiger partial charge is 0.325 e. The molecule has 2 N–H and O–H groups in total. The van der Waals surface area contributed by atoms with E-state index in [2.05, 4.69) is 16.7 Å². The molecule has 0 saturated carbocycles. The van der Waals surface area contributed by atoms with E-state index in [4.69, 9.17) is 0 Å². The van der Waals surface area contributed by atoms with E-state index < -0.39 is 22.5 Å². The molecule has 0 unspecified atom stereocenters. The van der Waals surface area contributed by atoms with E-state index in [0.717, 1.165) is 17.3 Å². The predicted octanol–water partition coefficient (Wildman–Crippen LogP) is 3.09. The Balaban J connectivity index is 2.21. The van der Waals surface area contributed by atoms with Gasteiger partial charge in [0.15, 0.2) is 0 Å². The number of aryl methyl sites for hydroxylation is 1. The number of nitriles is 2. The summed E-state index contributed by atoms with van der Waals surface area (Å²) in [6, 6.07) is 11.5. The second-order valence-corrected chi connectivity index (χ2v) is 8.06. The second-order valence-electron chi connectivity index (χ2n) is 6.71. The first-order valence-electron chi connectivity index (χ1n) is 8.10. The van der Waals surface area contributed by atoms with Crippen molar-refractivity contribution in [3.63, 3.8) is 0 Å². The molecular weight excluding hydrogens is 348 g/mol. The Morgan fingerprint density at radius 2 is 2.08 bits per heavy atom. The van der Waals surface area contributed by atoms with Crippen LogP contribution in [0.25, 0.3) is 0 Å². The summed E-state index contributed by atoms with van der Waals surface area (Å²) in [7, 11) is 0. The summed E-state index contributed by atoms with van der Waals surface area (Å²) in [4.78, 5) is 24.7. The van der Waals surface area contributed by atoms with Gasteiger partial charge in [0.1, 0.15) is 5.92 Å². The van der Waals surface area contributed by atoms with Crippen LogP contribution in [0.3, 0.4) is 0 Å². The number of hydrogen-bond donors (Lipinski definition) is 2. The van der Waals surface area contributed by atoms with Gasteiger partial charge in [0.25, 0.3) is 0 Å². The molecule has 134 valence electrons. The van der Waals surface area contributed by atoms with E-state index in [9.17, 15) is 20.1 Å². The lowest BCUT2D eigenvalue weighted by atomic mass is 9.72. The molecule has 0 saturated heterocycles. The van der Waals surface area contributed by atoms with Gasteiger partial charge >= 0.3 is 0 Å². The van der Waals surface area contributed by atoms with Crippen molar-refractivity contribution in [3.8, 4) is 12.1 Å². The smallest absolute Gasteiger partial charge is 0.243 e. The number of carbonyl (C=O) groups excluding carboxylic acids is 2. The zero-order valence-electron chi connectivity index (χ0n) is 15.1. The van der Waals surface area contributed by atoms with Crippen molar-refractivity contribution in [1.82, 2.24) is 5.32 Å². The lowest BCUT2D eigenvalue weighted by Gasteiger charge is -2.35. The molecule has 7 heteroatoms. The lowest BCUT2D eigenvalue weighted by Crippen LogP contribution is -2.45. The highest BCUT2D eigenvalue weighted by molar-refractivity contribution is 8.04. The highest BCUT2D eigenvalue weighted by atomic mass is 32.2. The fourth-order valence-corrected chi connectivity index (χ4v) is 3.82. The monoisotopic (exact) mass is 368 g/mol. The maximum Gasteiger partial charge on any atom is 0.243 e. The van der Waals surface area contributed by atoms with Crippen molar-refractivity contribution < 1.29 is 9.59 Å². The van der Waals surface area contributed by atoms with Gasteiger partial charge < -0.3 is 10.6 Å². The molecule has 0 aliphatic carbocycles. The van der Waals surface area contributed by atoms with Gasteiger partial charge in [-0.25, -0.2) is 0 Å². The van der Waals surface area contributed by atoms with Gasteiger partial charge in [0.05, 0.1) is 28.0 Å². The van der Waals surface area contributed by atoms with Gasteiger partial charge in [0, 0.05) is 11.1 Å². The van der Waals surface area contributed by atoms with Crippen LogP contribution in [0.1, 0.15) is 26.3 Å². The molecule has 1 heterocycles. The van der Waals surface area contributed by atoms with Gasteiger partial charge in [-0.15, -0.1) is 0 Å². The highest BCUT2D eigenvalue weighted by Gasteiger charge is 2.45. The number of rotatable bonds is 4. The van der Waals surface area contributed by atoms with E-state index in [0.29, 0.717) is 16.3 Å². The van der Waals surface area contributed by atoms with E-state index in [1.165, 1.54) is 0 Å². The Labute approximate surface area is 157 Å². The topological polar surface area (TPSA) is 106 Å². The first-order chi connectivity index (χ1) is 12.2. The molecular formula is C19H20N4O2S. The van der Waals surface area contributed by atoms with Gasteiger partial charge in [-0.2, -0.15) is 10.5 Å². The van der Waals surface area contributed by atoms with Crippen LogP contribution in [0.2, 0.25) is 0 Å². The Kier molecular flexibility index (Phi) is 5.74. The molecule has 1 aromatic rings. The number of amides is 2. The summed E-state index contributed by atoms with van der Waals surface area (Å²) < 4.78 is 0. The zero-order chi connectivity index (χ0) is 19.5. The van der Waals surface area contributed by atoms with Gasteiger partial charge in [-0.05, 0) is 31.5 Å². The van der Waals surface area contributed by atoms with Crippen molar-refractivity contribution in [2.24, 2.45) is 11.3 Å². The van der Waals surface area contributed by atoms with Crippen LogP contribution in [0.4, 0.5) is 5.69 Å². The quantitative estimate of drug-likeness (QED) is 0.849. The van der Waals surface area contributed by atoms with Gasteiger partial charge in [-0.1, -0.05) is 37.7 Å². The van der Waals surface area contributed by atoms with Crippen molar-refractivity contribution in [3.05, 3.63) is 40.4 Å². The molecule has 0 aromatic heterocycles.